The molecular weight excluding hydrogens is 224 g/mol. The lowest BCUT2D eigenvalue weighted by molar-refractivity contribution is 0.132. The molecule has 1 N–H and O–H groups in total. The average Bonchev–Trinajstić information content (AvgIpc) is 2.32. The van der Waals surface area contributed by atoms with Crippen LogP contribution in [0.2, 0.25) is 0 Å². The van der Waals surface area contributed by atoms with Crippen LogP contribution in [0.4, 0.5) is 0 Å². The normalized spacial score (nSPS) is 10.2. The molecule has 0 atom stereocenters. The number of hydrogen-bond acceptors (Lipinski definition) is 5. The van der Waals surface area contributed by atoms with E-state index in [1.165, 1.54) is 6.07 Å². The zero-order valence-corrected chi connectivity index (χ0v) is 10.1. The monoisotopic (exact) mass is 242 g/mol. The van der Waals surface area contributed by atoms with Gasteiger partial charge in [-0.1, -0.05) is 0 Å². The number of aromatic hydroxyl groups is 1. The van der Waals surface area contributed by atoms with Crippen LogP contribution in [0.5, 0.6) is 17.2 Å². The zero-order chi connectivity index (χ0) is 12.5. The fraction of sp³-hybridized carbons (Fsp3) is 0.500. The van der Waals surface area contributed by atoms with Crippen molar-refractivity contribution in [2.45, 2.75) is 0 Å². The van der Waals surface area contributed by atoms with Crippen molar-refractivity contribution in [1.82, 2.24) is 0 Å². The molecule has 0 aromatic heterocycles. The number of hydrogen-bond donors (Lipinski definition) is 1. The van der Waals surface area contributed by atoms with E-state index >= 15 is 0 Å². The summed E-state index contributed by atoms with van der Waals surface area (Å²) in [5.41, 5.74) is 0. The van der Waals surface area contributed by atoms with Crippen molar-refractivity contribution in [1.29, 1.82) is 0 Å². The molecule has 96 valence electrons. The highest BCUT2D eigenvalue weighted by atomic mass is 16.5. The Morgan fingerprint density at radius 1 is 0.882 bits per heavy atom. The molecule has 0 bridgehead atoms. The zero-order valence-electron chi connectivity index (χ0n) is 10.1. The summed E-state index contributed by atoms with van der Waals surface area (Å²) in [6, 6.07) is 4.72. The van der Waals surface area contributed by atoms with E-state index in [0.717, 1.165) is 0 Å². The predicted octanol–water partition coefficient (Wildman–Crippen LogP) is 1.44. The smallest absolute Gasteiger partial charge is 0.164 e. The lowest BCUT2D eigenvalue weighted by Gasteiger charge is -2.12. The Balaban J connectivity index is 2.59. The van der Waals surface area contributed by atoms with Crippen LogP contribution < -0.4 is 9.47 Å². The molecule has 5 nitrogen and oxygen atoms in total. The molecule has 0 radical (unpaired) electrons. The van der Waals surface area contributed by atoms with Gasteiger partial charge in [0, 0.05) is 20.3 Å². The predicted molar refractivity (Wildman–Crippen MR) is 62.8 cm³/mol. The van der Waals surface area contributed by atoms with Crippen molar-refractivity contribution in [3.05, 3.63) is 18.2 Å². The van der Waals surface area contributed by atoms with Crippen molar-refractivity contribution in [3.8, 4) is 17.2 Å². The summed E-state index contributed by atoms with van der Waals surface area (Å²) >= 11 is 0. The first-order chi connectivity index (χ1) is 8.27. The Bertz CT molecular complexity index is 327. The van der Waals surface area contributed by atoms with Crippen molar-refractivity contribution < 1.29 is 24.1 Å². The minimum Gasteiger partial charge on any atom is -0.508 e. The molecule has 0 aliphatic heterocycles. The standard InChI is InChI=1S/C12H18O5/c1-14-5-7-16-11-4-3-10(13)9-12(11)17-8-6-15-2/h3-4,9,13H,5-8H2,1-2H3. The largest absolute Gasteiger partial charge is 0.508 e. The van der Waals surface area contributed by atoms with Crippen LogP contribution >= 0.6 is 0 Å². The van der Waals surface area contributed by atoms with Crippen LogP contribution in [0.25, 0.3) is 0 Å². The van der Waals surface area contributed by atoms with Gasteiger partial charge in [0.05, 0.1) is 13.2 Å². The molecule has 0 aliphatic rings. The Morgan fingerprint density at radius 2 is 1.47 bits per heavy atom. The summed E-state index contributed by atoms with van der Waals surface area (Å²) in [4.78, 5) is 0. The van der Waals surface area contributed by atoms with Crippen molar-refractivity contribution in [2.24, 2.45) is 0 Å². The number of rotatable bonds is 8. The quantitative estimate of drug-likeness (QED) is 0.699. The second kappa shape index (κ2) is 7.76. The van der Waals surface area contributed by atoms with Crippen LogP contribution in [-0.4, -0.2) is 45.8 Å². The molecule has 0 fully saturated rings. The number of benzene rings is 1. The number of ether oxygens (including phenoxy) is 4. The van der Waals surface area contributed by atoms with Gasteiger partial charge < -0.3 is 24.1 Å². The molecule has 1 rings (SSSR count). The Kier molecular flexibility index (Phi) is 6.21. The van der Waals surface area contributed by atoms with Crippen molar-refractivity contribution in [3.63, 3.8) is 0 Å². The third-order valence-corrected chi connectivity index (χ3v) is 2.02. The second-order valence-electron chi connectivity index (χ2n) is 3.31. The van der Waals surface area contributed by atoms with E-state index in [4.69, 9.17) is 18.9 Å². The maximum Gasteiger partial charge on any atom is 0.164 e. The van der Waals surface area contributed by atoms with Gasteiger partial charge in [-0.3, -0.25) is 0 Å². The summed E-state index contributed by atoms with van der Waals surface area (Å²) in [7, 11) is 3.21. The molecule has 1 aromatic rings. The second-order valence-corrected chi connectivity index (χ2v) is 3.31. The van der Waals surface area contributed by atoms with Crippen LogP contribution in [0.1, 0.15) is 0 Å². The molecule has 0 amide bonds. The van der Waals surface area contributed by atoms with Gasteiger partial charge in [-0.2, -0.15) is 0 Å². The van der Waals surface area contributed by atoms with Gasteiger partial charge in [0.1, 0.15) is 19.0 Å². The summed E-state index contributed by atoms with van der Waals surface area (Å²) in [5.74, 6) is 1.21. The molecule has 0 aliphatic carbocycles. The number of phenolic OH excluding ortho intramolecular Hbond substituents is 1. The number of methoxy groups -OCH3 is 2. The Labute approximate surface area is 101 Å². The molecule has 17 heavy (non-hydrogen) atoms. The van der Waals surface area contributed by atoms with Gasteiger partial charge in [-0.05, 0) is 12.1 Å². The van der Waals surface area contributed by atoms with Crippen molar-refractivity contribution >= 4 is 0 Å². The van der Waals surface area contributed by atoms with E-state index in [2.05, 4.69) is 0 Å². The molecule has 5 heteroatoms. The highest BCUT2D eigenvalue weighted by Gasteiger charge is 2.06. The summed E-state index contributed by atoms with van der Waals surface area (Å²) in [5, 5.41) is 9.37. The molecule has 0 unspecified atom stereocenters. The van der Waals surface area contributed by atoms with E-state index in [1.54, 1.807) is 26.4 Å². The summed E-state index contributed by atoms with van der Waals surface area (Å²) in [6.45, 7) is 1.81. The molecular formula is C12H18O5. The van der Waals surface area contributed by atoms with Crippen LogP contribution in [0.15, 0.2) is 18.2 Å². The SMILES string of the molecule is COCCOc1ccc(O)cc1OCCOC. The first-order valence-electron chi connectivity index (χ1n) is 5.34. The highest BCUT2D eigenvalue weighted by molar-refractivity contribution is 5.45. The minimum absolute atomic E-state index is 0.136. The van der Waals surface area contributed by atoms with Crippen molar-refractivity contribution in [2.75, 3.05) is 40.6 Å². The third kappa shape index (κ3) is 4.93. The van der Waals surface area contributed by atoms with Gasteiger partial charge in [-0.15, -0.1) is 0 Å². The molecule has 0 saturated carbocycles. The average molecular weight is 242 g/mol. The van der Waals surface area contributed by atoms with Crippen LogP contribution in [0.3, 0.4) is 0 Å². The highest BCUT2D eigenvalue weighted by Crippen LogP contribution is 2.30. The van der Waals surface area contributed by atoms with Crippen LogP contribution in [0, 0.1) is 0 Å². The molecule has 0 saturated heterocycles. The molecule has 0 heterocycles. The fourth-order valence-electron chi connectivity index (χ4n) is 1.20. The Hall–Kier alpha value is -1.46. The lowest BCUT2D eigenvalue weighted by Crippen LogP contribution is -2.08. The topological polar surface area (TPSA) is 57.2 Å². The molecule has 0 spiro atoms. The van der Waals surface area contributed by atoms with Gasteiger partial charge in [0.25, 0.3) is 0 Å². The fourth-order valence-corrected chi connectivity index (χ4v) is 1.20. The number of phenols is 1. The van der Waals surface area contributed by atoms with E-state index in [-0.39, 0.29) is 5.75 Å². The van der Waals surface area contributed by atoms with Gasteiger partial charge >= 0.3 is 0 Å². The first kappa shape index (κ1) is 13.6. The molecule has 1 aromatic carbocycles. The van der Waals surface area contributed by atoms with Gasteiger partial charge in [-0.25, -0.2) is 0 Å². The summed E-state index contributed by atoms with van der Waals surface area (Å²) < 4.78 is 20.7. The van der Waals surface area contributed by atoms with Gasteiger partial charge in [0.2, 0.25) is 0 Å². The van der Waals surface area contributed by atoms with E-state index in [0.29, 0.717) is 37.9 Å². The first-order valence-corrected chi connectivity index (χ1v) is 5.34. The van der Waals surface area contributed by atoms with Gasteiger partial charge in [0.15, 0.2) is 11.5 Å². The minimum atomic E-state index is 0.136. The van der Waals surface area contributed by atoms with Crippen LogP contribution in [-0.2, 0) is 9.47 Å². The van der Waals surface area contributed by atoms with E-state index in [1.807, 2.05) is 0 Å². The van der Waals surface area contributed by atoms with E-state index in [9.17, 15) is 5.11 Å². The Morgan fingerprint density at radius 3 is 2.06 bits per heavy atom. The third-order valence-electron chi connectivity index (χ3n) is 2.02. The summed E-state index contributed by atoms with van der Waals surface area (Å²) in [6.07, 6.45) is 0. The maximum absolute atomic E-state index is 9.37. The lowest BCUT2D eigenvalue weighted by atomic mass is 10.3. The maximum atomic E-state index is 9.37. The van der Waals surface area contributed by atoms with E-state index < -0.39 is 0 Å².